The van der Waals surface area contributed by atoms with Gasteiger partial charge >= 0.3 is 6.61 Å². The quantitative estimate of drug-likeness (QED) is 0.918. The van der Waals surface area contributed by atoms with E-state index in [-0.39, 0.29) is 11.8 Å². The fourth-order valence-corrected chi connectivity index (χ4v) is 2.01. The first-order valence-corrected chi connectivity index (χ1v) is 6.35. The van der Waals surface area contributed by atoms with Gasteiger partial charge in [-0.25, -0.2) is 0 Å². The minimum absolute atomic E-state index is 0.135. The summed E-state index contributed by atoms with van der Waals surface area (Å²) < 4.78 is 28.5. The molecule has 0 heterocycles. The molecule has 0 aliphatic rings. The molecule has 4 heteroatoms. The highest BCUT2D eigenvalue weighted by atomic mass is 19.3. The van der Waals surface area contributed by atoms with Crippen molar-refractivity contribution in [3.8, 4) is 5.75 Å². The number of ether oxygens (including phenoxy) is 1. The molecule has 2 N–H and O–H groups in total. The van der Waals surface area contributed by atoms with Gasteiger partial charge in [-0.05, 0) is 48.2 Å². The molecule has 0 spiro atoms. The third-order valence-electron chi connectivity index (χ3n) is 3.35. The van der Waals surface area contributed by atoms with Crippen molar-refractivity contribution in [2.45, 2.75) is 26.5 Å². The van der Waals surface area contributed by atoms with Gasteiger partial charge < -0.3 is 10.5 Å². The van der Waals surface area contributed by atoms with E-state index in [9.17, 15) is 8.78 Å². The van der Waals surface area contributed by atoms with Crippen LogP contribution in [0.2, 0.25) is 0 Å². The molecular weight excluding hydrogens is 260 g/mol. The third kappa shape index (κ3) is 3.33. The molecule has 0 radical (unpaired) electrons. The van der Waals surface area contributed by atoms with Crippen LogP contribution < -0.4 is 10.5 Å². The second-order valence-corrected chi connectivity index (χ2v) is 4.77. The number of nitrogens with two attached hydrogens (primary N) is 1. The zero-order chi connectivity index (χ0) is 14.7. The molecule has 0 bridgehead atoms. The first kappa shape index (κ1) is 14.5. The van der Waals surface area contributed by atoms with Crippen LogP contribution in [0.15, 0.2) is 42.5 Å². The van der Waals surface area contributed by atoms with Gasteiger partial charge in [0.25, 0.3) is 0 Å². The molecule has 0 aliphatic carbocycles. The molecule has 0 fully saturated rings. The van der Waals surface area contributed by atoms with E-state index in [4.69, 9.17) is 5.73 Å². The lowest BCUT2D eigenvalue weighted by Gasteiger charge is -2.15. The van der Waals surface area contributed by atoms with E-state index in [0.29, 0.717) is 0 Å². The van der Waals surface area contributed by atoms with E-state index in [1.807, 2.05) is 32.0 Å². The Hall–Kier alpha value is -1.94. The summed E-state index contributed by atoms with van der Waals surface area (Å²) in [6.07, 6.45) is 0. The summed E-state index contributed by atoms with van der Waals surface area (Å²) in [5, 5.41) is 0. The summed E-state index contributed by atoms with van der Waals surface area (Å²) in [5.74, 6) is 0.135. The first-order chi connectivity index (χ1) is 9.47. The summed E-state index contributed by atoms with van der Waals surface area (Å²) in [6, 6.07) is 12.2. The molecule has 0 aliphatic heterocycles. The number of halogens is 2. The highest BCUT2D eigenvalue weighted by molar-refractivity contribution is 5.38. The van der Waals surface area contributed by atoms with Crippen LogP contribution in [0.1, 0.15) is 28.3 Å². The Morgan fingerprint density at radius 2 is 1.50 bits per heavy atom. The molecule has 2 aromatic rings. The van der Waals surface area contributed by atoms with Gasteiger partial charge in [0.15, 0.2) is 0 Å². The fraction of sp³-hybridized carbons (Fsp3) is 0.250. The average molecular weight is 277 g/mol. The van der Waals surface area contributed by atoms with Gasteiger partial charge in [0.2, 0.25) is 0 Å². The van der Waals surface area contributed by atoms with Crippen LogP contribution in [0.4, 0.5) is 8.78 Å². The summed E-state index contributed by atoms with van der Waals surface area (Å²) in [6.45, 7) is 1.26. The highest BCUT2D eigenvalue weighted by Gasteiger charge is 2.11. The van der Waals surface area contributed by atoms with Crippen LogP contribution >= 0.6 is 0 Å². The van der Waals surface area contributed by atoms with Gasteiger partial charge in [0, 0.05) is 0 Å². The Kier molecular flexibility index (Phi) is 4.35. The maximum Gasteiger partial charge on any atom is 0.387 e. The van der Waals surface area contributed by atoms with E-state index in [0.717, 1.165) is 11.1 Å². The molecule has 0 saturated carbocycles. The van der Waals surface area contributed by atoms with Crippen molar-refractivity contribution in [1.29, 1.82) is 0 Å². The van der Waals surface area contributed by atoms with E-state index < -0.39 is 6.61 Å². The van der Waals surface area contributed by atoms with Crippen LogP contribution in [-0.2, 0) is 0 Å². The normalized spacial score (nSPS) is 12.5. The molecule has 0 amide bonds. The van der Waals surface area contributed by atoms with Gasteiger partial charge in [0.1, 0.15) is 5.75 Å². The molecular formula is C16H17F2NO. The lowest BCUT2D eigenvalue weighted by molar-refractivity contribution is -0.0498. The number of aryl methyl sites for hydroxylation is 2. The van der Waals surface area contributed by atoms with Crippen LogP contribution in [0.5, 0.6) is 5.75 Å². The number of benzene rings is 2. The van der Waals surface area contributed by atoms with Gasteiger partial charge in [-0.3, -0.25) is 0 Å². The largest absolute Gasteiger partial charge is 0.435 e. The van der Waals surface area contributed by atoms with Crippen LogP contribution in [0.25, 0.3) is 0 Å². The minimum Gasteiger partial charge on any atom is -0.435 e. The minimum atomic E-state index is -2.81. The van der Waals surface area contributed by atoms with Crippen molar-refractivity contribution in [1.82, 2.24) is 0 Å². The zero-order valence-corrected chi connectivity index (χ0v) is 11.4. The zero-order valence-electron chi connectivity index (χ0n) is 11.4. The first-order valence-electron chi connectivity index (χ1n) is 6.35. The van der Waals surface area contributed by atoms with Crippen molar-refractivity contribution in [2.24, 2.45) is 5.73 Å². The summed E-state index contributed by atoms with van der Waals surface area (Å²) in [7, 11) is 0. The number of alkyl halides is 2. The number of rotatable bonds is 4. The van der Waals surface area contributed by atoms with Gasteiger partial charge in [-0.15, -0.1) is 0 Å². The second kappa shape index (κ2) is 6.01. The van der Waals surface area contributed by atoms with E-state index in [1.165, 1.54) is 23.3 Å². The van der Waals surface area contributed by atoms with Crippen LogP contribution in [-0.4, -0.2) is 6.61 Å². The highest BCUT2D eigenvalue weighted by Crippen LogP contribution is 2.24. The standard InChI is InChI=1S/C16H17F2NO/c1-10-3-4-13(9-11(10)2)15(19)12-5-7-14(8-6-12)20-16(17)18/h3-9,15-16H,19H2,1-2H3. The van der Waals surface area contributed by atoms with Crippen molar-refractivity contribution in [2.75, 3.05) is 0 Å². The molecule has 0 saturated heterocycles. The topological polar surface area (TPSA) is 35.2 Å². The monoisotopic (exact) mass is 277 g/mol. The Bertz CT molecular complexity index is 582. The van der Waals surface area contributed by atoms with Gasteiger partial charge in [-0.1, -0.05) is 30.3 Å². The summed E-state index contributed by atoms with van der Waals surface area (Å²) >= 11 is 0. The predicted octanol–water partition coefficient (Wildman–Crippen LogP) is 3.95. The lowest BCUT2D eigenvalue weighted by Crippen LogP contribution is -2.12. The Morgan fingerprint density at radius 1 is 0.900 bits per heavy atom. The maximum atomic E-state index is 12.1. The molecule has 2 aromatic carbocycles. The lowest BCUT2D eigenvalue weighted by atomic mass is 9.96. The van der Waals surface area contributed by atoms with Crippen molar-refractivity contribution >= 4 is 0 Å². The number of hydrogen-bond donors (Lipinski definition) is 1. The van der Waals surface area contributed by atoms with E-state index >= 15 is 0 Å². The molecule has 20 heavy (non-hydrogen) atoms. The number of hydrogen-bond acceptors (Lipinski definition) is 2. The Labute approximate surface area is 117 Å². The maximum absolute atomic E-state index is 12.1. The molecule has 106 valence electrons. The summed E-state index contributed by atoms with van der Waals surface area (Å²) in [4.78, 5) is 0. The second-order valence-electron chi connectivity index (χ2n) is 4.77. The third-order valence-corrected chi connectivity index (χ3v) is 3.35. The molecule has 1 atom stereocenters. The molecule has 0 aromatic heterocycles. The molecule has 2 nitrogen and oxygen atoms in total. The van der Waals surface area contributed by atoms with Crippen molar-refractivity contribution in [3.05, 3.63) is 64.7 Å². The molecule has 1 unspecified atom stereocenters. The van der Waals surface area contributed by atoms with E-state index in [2.05, 4.69) is 4.74 Å². The fourth-order valence-electron chi connectivity index (χ4n) is 2.01. The van der Waals surface area contributed by atoms with E-state index in [1.54, 1.807) is 12.1 Å². The van der Waals surface area contributed by atoms with Crippen LogP contribution in [0, 0.1) is 13.8 Å². The SMILES string of the molecule is Cc1ccc(C(N)c2ccc(OC(F)F)cc2)cc1C. The van der Waals surface area contributed by atoms with Gasteiger partial charge in [0.05, 0.1) is 6.04 Å². The summed E-state index contributed by atoms with van der Waals surface area (Å²) in [5.41, 5.74) is 10.4. The van der Waals surface area contributed by atoms with Crippen molar-refractivity contribution in [3.63, 3.8) is 0 Å². The van der Waals surface area contributed by atoms with Crippen molar-refractivity contribution < 1.29 is 13.5 Å². The smallest absolute Gasteiger partial charge is 0.387 e. The van der Waals surface area contributed by atoms with Gasteiger partial charge in [-0.2, -0.15) is 8.78 Å². The predicted molar refractivity (Wildman–Crippen MR) is 75.0 cm³/mol. The average Bonchev–Trinajstić information content (AvgIpc) is 2.41. The van der Waals surface area contributed by atoms with Crippen LogP contribution in [0.3, 0.4) is 0 Å². The Balaban J connectivity index is 2.20. The Morgan fingerprint density at radius 3 is 2.05 bits per heavy atom. The molecule has 2 rings (SSSR count).